The first-order chi connectivity index (χ1) is 10.0. The molecule has 0 aromatic heterocycles. The molecule has 0 bridgehead atoms. The Hall–Kier alpha value is -0.180. The van der Waals surface area contributed by atoms with Gasteiger partial charge in [0.15, 0.2) is 5.96 Å². The van der Waals surface area contributed by atoms with E-state index in [0.717, 1.165) is 50.7 Å². The summed E-state index contributed by atoms with van der Waals surface area (Å²) in [6, 6.07) is 0. The summed E-state index contributed by atoms with van der Waals surface area (Å²) >= 11 is 2.00. The summed E-state index contributed by atoms with van der Waals surface area (Å²) in [5.74, 6) is 2.16. The van der Waals surface area contributed by atoms with Crippen molar-refractivity contribution in [3.8, 4) is 0 Å². The second-order valence-corrected chi connectivity index (χ2v) is 8.17. The summed E-state index contributed by atoms with van der Waals surface area (Å²) in [4.78, 5) is 20.8. The number of rotatable bonds is 2. The Morgan fingerprint density at radius 3 is 2.45 bits per heavy atom. The van der Waals surface area contributed by atoms with E-state index in [-0.39, 0.29) is 34.6 Å². The first kappa shape index (κ1) is 19.9. The molecule has 0 aromatic carbocycles. The van der Waals surface area contributed by atoms with E-state index >= 15 is 0 Å². The zero-order chi connectivity index (χ0) is 15.3. The van der Waals surface area contributed by atoms with E-state index in [0.29, 0.717) is 6.54 Å². The minimum atomic E-state index is 0. The summed E-state index contributed by atoms with van der Waals surface area (Å²) in [5.41, 5.74) is 0. The molecule has 2 aliphatic rings. The van der Waals surface area contributed by atoms with Crippen LogP contribution in [0.5, 0.6) is 0 Å². The molecule has 0 aliphatic carbocycles. The first-order valence-electron chi connectivity index (χ1n) is 7.89. The van der Waals surface area contributed by atoms with Crippen LogP contribution in [0.1, 0.15) is 33.1 Å². The molecule has 2 heterocycles. The van der Waals surface area contributed by atoms with Crippen LogP contribution in [0.3, 0.4) is 0 Å². The molecule has 0 unspecified atom stereocenters. The third-order valence-electron chi connectivity index (χ3n) is 4.04. The predicted octanol–water partition coefficient (Wildman–Crippen LogP) is 2.02. The Morgan fingerprint density at radius 1 is 1.18 bits per heavy atom. The maximum Gasteiger partial charge on any atom is 0.241 e. The van der Waals surface area contributed by atoms with Gasteiger partial charge in [-0.05, 0) is 33.1 Å². The van der Waals surface area contributed by atoms with Crippen molar-refractivity contribution >= 4 is 47.6 Å². The molecule has 0 saturated carbocycles. The number of piperidine rings is 1. The number of carbonyl (C=O) groups excluding carboxylic acids is 1. The molecule has 128 valence electrons. The van der Waals surface area contributed by atoms with Gasteiger partial charge in [-0.25, -0.2) is 0 Å². The molecule has 22 heavy (non-hydrogen) atoms. The number of nitrogens with zero attached hydrogens (tertiary/aromatic N) is 3. The molecule has 5 nitrogen and oxygen atoms in total. The van der Waals surface area contributed by atoms with Crippen LogP contribution in [0.25, 0.3) is 0 Å². The number of guanidine groups is 1. The Balaban J connectivity index is 0.00000242. The zero-order valence-corrected chi connectivity index (χ0v) is 17.1. The quantitative estimate of drug-likeness (QED) is 0.406. The van der Waals surface area contributed by atoms with Crippen LogP contribution in [0.4, 0.5) is 0 Å². The van der Waals surface area contributed by atoms with Crippen LogP contribution in [-0.2, 0) is 4.79 Å². The topological polar surface area (TPSA) is 47.9 Å². The number of likely N-dealkylation sites (tertiary alicyclic amines) is 1. The zero-order valence-electron chi connectivity index (χ0n) is 13.9. The molecule has 2 rings (SSSR count). The lowest BCUT2D eigenvalue weighted by Crippen LogP contribution is -2.53. The molecule has 7 heteroatoms. The summed E-state index contributed by atoms with van der Waals surface area (Å²) in [6.07, 6.45) is 3.52. The van der Waals surface area contributed by atoms with Gasteiger partial charge in [-0.15, -0.1) is 24.0 Å². The van der Waals surface area contributed by atoms with E-state index in [1.807, 2.05) is 16.7 Å². The maximum atomic E-state index is 12.2. The molecule has 0 aromatic rings. The van der Waals surface area contributed by atoms with Gasteiger partial charge in [-0.2, -0.15) is 11.8 Å². The first-order valence-corrected chi connectivity index (χ1v) is 8.88. The Morgan fingerprint density at radius 2 is 1.86 bits per heavy atom. The van der Waals surface area contributed by atoms with Crippen molar-refractivity contribution in [3.05, 3.63) is 0 Å². The summed E-state index contributed by atoms with van der Waals surface area (Å²) in [5, 5.41) is 3.25. The van der Waals surface area contributed by atoms with E-state index in [2.05, 4.69) is 29.1 Å². The molecule has 2 fully saturated rings. The Labute approximate surface area is 155 Å². The van der Waals surface area contributed by atoms with E-state index in [1.165, 1.54) is 6.42 Å². The normalized spacial score (nSPS) is 22.0. The second kappa shape index (κ2) is 9.20. The fourth-order valence-electron chi connectivity index (χ4n) is 2.94. The summed E-state index contributed by atoms with van der Waals surface area (Å²) in [7, 11) is 1.79. The minimum Gasteiger partial charge on any atom is -0.347 e. The van der Waals surface area contributed by atoms with Crippen molar-refractivity contribution in [1.29, 1.82) is 0 Å². The number of hydrogen-bond donors (Lipinski definition) is 1. The highest BCUT2D eigenvalue weighted by Gasteiger charge is 2.29. The van der Waals surface area contributed by atoms with Crippen LogP contribution in [0.15, 0.2) is 4.99 Å². The largest absolute Gasteiger partial charge is 0.347 e. The van der Waals surface area contributed by atoms with E-state index in [9.17, 15) is 4.79 Å². The van der Waals surface area contributed by atoms with Crippen LogP contribution in [-0.4, -0.2) is 71.9 Å². The molecule has 2 saturated heterocycles. The third-order valence-corrected chi connectivity index (χ3v) is 5.34. The van der Waals surface area contributed by atoms with Gasteiger partial charge in [-0.3, -0.25) is 9.79 Å². The van der Waals surface area contributed by atoms with Gasteiger partial charge < -0.3 is 15.1 Å². The fraction of sp³-hybridized carbons (Fsp3) is 0.867. The van der Waals surface area contributed by atoms with Crippen molar-refractivity contribution in [2.45, 2.75) is 37.9 Å². The summed E-state index contributed by atoms with van der Waals surface area (Å²) < 4.78 is 0.243. The van der Waals surface area contributed by atoms with Gasteiger partial charge in [0.25, 0.3) is 0 Å². The lowest BCUT2D eigenvalue weighted by atomic mass is 10.1. The van der Waals surface area contributed by atoms with Crippen molar-refractivity contribution in [3.63, 3.8) is 0 Å². The van der Waals surface area contributed by atoms with Gasteiger partial charge >= 0.3 is 0 Å². The lowest BCUT2D eigenvalue weighted by molar-refractivity contribution is -0.130. The molecule has 1 N–H and O–H groups in total. The highest BCUT2D eigenvalue weighted by molar-refractivity contribution is 14.0. The monoisotopic (exact) mass is 440 g/mol. The number of amides is 1. The number of thioether (sulfide) groups is 1. The van der Waals surface area contributed by atoms with Crippen LogP contribution < -0.4 is 5.32 Å². The van der Waals surface area contributed by atoms with Crippen molar-refractivity contribution in [2.24, 2.45) is 4.99 Å². The number of hydrogen-bond acceptors (Lipinski definition) is 3. The number of carbonyl (C=O) groups is 1. The fourth-order valence-corrected chi connectivity index (χ4v) is 4.05. The smallest absolute Gasteiger partial charge is 0.241 e. The second-order valence-electron chi connectivity index (χ2n) is 6.37. The Bertz CT molecular complexity index is 397. The minimum absolute atomic E-state index is 0. The molecule has 2 aliphatic heterocycles. The summed E-state index contributed by atoms with van der Waals surface area (Å²) in [6.45, 7) is 8.66. The van der Waals surface area contributed by atoms with Gasteiger partial charge in [0.1, 0.15) is 0 Å². The SMILES string of the molecule is CN=C(NCC(=O)N1CCCCC1)N1CCSC(C)(C)C1.I. The van der Waals surface area contributed by atoms with Gasteiger partial charge in [0, 0.05) is 43.7 Å². The van der Waals surface area contributed by atoms with Gasteiger partial charge in [-0.1, -0.05) is 0 Å². The van der Waals surface area contributed by atoms with Crippen LogP contribution >= 0.6 is 35.7 Å². The molecular weight excluding hydrogens is 411 g/mol. The number of aliphatic imine (C=N–C) groups is 1. The standard InChI is InChI=1S/C15H28N4OS.HI/c1-15(2)12-19(9-10-21-15)14(16-3)17-11-13(20)18-7-5-4-6-8-18;/h4-12H2,1-3H3,(H,16,17);1H. The van der Waals surface area contributed by atoms with E-state index in [4.69, 9.17) is 0 Å². The molecular formula is C15H29IN4OS. The van der Waals surface area contributed by atoms with Crippen LogP contribution in [0.2, 0.25) is 0 Å². The average Bonchev–Trinajstić information content (AvgIpc) is 2.47. The molecule has 0 atom stereocenters. The van der Waals surface area contributed by atoms with Crippen molar-refractivity contribution in [1.82, 2.24) is 15.1 Å². The predicted molar refractivity (Wildman–Crippen MR) is 105 cm³/mol. The van der Waals surface area contributed by atoms with Crippen LogP contribution in [0, 0.1) is 0 Å². The third kappa shape index (κ3) is 5.79. The molecule has 0 radical (unpaired) electrons. The lowest BCUT2D eigenvalue weighted by Gasteiger charge is -2.39. The van der Waals surface area contributed by atoms with Crippen molar-refractivity contribution in [2.75, 3.05) is 45.5 Å². The number of nitrogens with one attached hydrogen (secondary N) is 1. The van der Waals surface area contributed by atoms with E-state index < -0.39 is 0 Å². The average molecular weight is 440 g/mol. The highest BCUT2D eigenvalue weighted by Crippen LogP contribution is 2.29. The maximum absolute atomic E-state index is 12.2. The van der Waals surface area contributed by atoms with Crippen molar-refractivity contribution < 1.29 is 4.79 Å². The van der Waals surface area contributed by atoms with Gasteiger partial charge in [0.2, 0.25) is 5.91 Å². The van der Waals surface area contributed by atoms with E-state index in [1.54, 1.807) is 7.05 Å². The molecule has 0 spiro atoms. The Kier molecular flexibility index (Phi) is 8.31. The van der Waals surface area contributed by atoms with Gasteiger partial charge in [0.05, 0.1) is 6.54 Å². The molecule has 1 amide bonds. The highest BCUT2D eigenvalue weighted by atomic mass is 127. The number of halogens is 1.